The summed E-state index contributed by atoms with van der Waals surface area (Å²) in [5.41, 5.74) is 0.259. The van der Waals surface area contributed by atoms with Gasteiger partial charge in [-0.15, -0.1) is 0 Å². The standard InChI is InChI=1S/C14H13F2NO5S/c1-17(8-9-3-4-10(15)11(16)7-9)23(19,20)13-6-5-12(22-13)14(18)21-2/h3-7H,8H2,1-2H3. The van der Waals surface area contributed by atoms with Crippen molar-refractivity contribution in [2.45, 2.75) is 11.6 Å². The Morgan fingerprint density at radius 3 is 2.52 bits per heavy atom. The Hall–Kier alpha value is -2.26. The quantitative estimate of drug-likeness (QED) is 0.776. The molecule has 0 aliphatic carbocycles. The van der Waals surface area contributed by atoms with Gasteiger partial charge in [0.15, 0.2) is 11.6 Å². The fourth-order valence-corrected chi connectivity index (χ4v) is 2.86. The molecule has 6 nitrogen and oxygen atoms in total. The smallest absolute Gasteiger partial charge is 0.374 e. The Morgan fingerprint density at radius 1 is 1.22 bits per heavy atom. The maximum atomic E-state index is 13.2. The zero-order valence-electron chi connectivity index (χ0n) is 12.2. The van der Waals surface area contributed by atoms with Gasteiger partial charge in [-0.2, -0.15) is 4.31 Å². The summed E-state index contributed by atoms with van der Waals surface area (Å²) in [7, 11) is -1.66. The second-order valence-corrected chi connectivity index (χ2v) is 6.60. The lowest BCUT2D eigenvalue weighted by molar-refractivity contribution is 0.0558. The molecule has 0 amide bonds. The topological polar surface area (TPSA) is 76.8 Å². The number of halogens is 2. The predicted molar refractivity (Wildman–Crippen MR) is 75.1 cm³/mol. The summed E-state index contributed by atoms with van der Waals surface area (Å²) in [6.45, 7) is -0.201. The molecular formula is C14H13F2NO5S. The molecule has 0 radical (unpaired) electrons. The molecule has 2 rings (SSSR count). The first-order valence-corrected chi connectivity index (χ1v) is 7.78. The minimum Gasteiger partial charge on any atom is -0.463 e. The van der Waals surface area contributed by atoms with Gasteiger partial charge in [0.2, 0.25) is 10.9 Å². The van der Waals surface area contributed by atoms with Crippen LogP contribution in [0.4, 0.5) is 8.78 Å². The highest BCUT2D eigenvalue weighted by molar-refractivity contribution is 7.88. The van der Waals surface area contributed by atoms with E-state index in [4.69, 9.17) is 4.42 Å². The van der Waals surface area contributed by atoms with E-state index in [0.29, 0.717) is 0 Å². The molecular weight excluding hydrogens is 332 g/mol. The van der Waals surface area contributed by atoms with Crippen molar-refractivity contribution in [2.75, 3.05) is 14.2 Å². The van der Waals surface area contributed by atoms with Crippen molar-refractivity contribution in [1.29, 1.82) is 0 Å². The molecule has 2 aromatic rings. The van der Waals surface area contributed by atoms with Crippen LogP contribution < -0.4 is 0 Å². The van der Waals surface area contributed by atoms with Crippen molar-refractivity contribution < 1.29 is 31.1 Å². The average molecular weight is 345 g/mol. The first-order valence-electron chi connectivity index (χ1n) is 6.34. The van der Waals surface area contributed by atoms with Gasteiger partial charge in [0, 0.05) is 13.6 Å². The second kappa shape index (κ2) is 6.47. The SMILES string of the molecule is COC(=O)c1ccc(S(=O)(=O)N(C)Cc2ccc(F)c(F)c2)o1. The van der Waals surface area contributed by atoms with E-state index >= 15 is 0 Å². The van der Waals surface area contributed by atoms with Crippen molar-refractivity contribution in [2.24, 2.45) is 0 Å². The van der Waals surface area contributed by atoms with E-state index < -0.39 is 32.7 Å². The number of nitrogens with zero attached hydrogens (tertiary/aromatic N) is 1. The zero-order valence-corrected chi connectivity index (χ0v) is 13.1. The first kappa shape index (κ1) is 17.1. The van der Waals surface area contributed by atoms with Crippen LogP contribution in [0.2, 0.25) is 0 Å². The van der Waals surface area contributed by atoms with Crippen LogP contribution >= 0.6 is 0 Å². The van der Waals surface area contributed by atoms with E-state index in [2.05, 4.69) is 4.74 Å². The van der Waals surface area contributed by atoms with Crippen molar-refractivity contribution in [3.8, 4) is 0 Å². The Morgan fingerprint density at radius 2 is 1.91 bits per heavy atom. The number of methoxy groups -OCH3 is 1. The third-order valence-corrected chi connectivity index (χ3v) is 4.70. The van der Waals surface area contributed by atoms with E-state index in [0.717, 1.165) is 29.6 Å². The van der Waals surface area contributed by atoms with Gasteiger partial charge in [-0.25, -0.2) is 22.0 Å². The maximum absolute atomic E-state index is 13.2. The molecule has 0 aliphatic heterocycles. The number of carbonyl (C=O) groups excluding carboxylic acids is 1. The number of hydrogen-bond acceptors (Lipinski definition) is 5. The molecule has 0 saturated heterocycles. The number of hydrogen-bond donors (Lipinski definition) is 0. The van der Waals surface area contributed by atoms with Crippen molar-refractivity contribution in [3.05, 3.63) is 53.3 Å². The summed E-state index contributed by atoms with van der Waals surface area (Å²) in [6, 6.07) is 5.37. The lowest BCUT2D eigenvalue weighted by Crippen LogP contribution is -2.26. The average Bonchev–Trinajstić information content (AvgIpc) is 3.00. The third-order valence-electron chi connectivity index (χ3n) is 3.02. The van der Waals surface area contributed by atoms with E-state index in [1.165, 1.54) is 19.2 Å². The number of furan rings is 1. The third kappa shape index (κ3) is 3.57. The zero-order chi connectivity index (χ0) is 17.2. The number of rotatable bonds is 5. The molecule has 0 aliphatic rings. The van der Waals surface area contributed by atoms with Gasteiger partial charge in [0.05, 0.1) is 7.11 Å². The van der Waals surface area contributed by atoms with E-state index in [9.17, 15) is 22.0 Å². The van der Waals surface area contributed by atoms with Gasteiger partial charge in [0.25, 0.3) is 10.0 Å². The molecule has 1 aromatic heterocycles. The lowest BCUT2D eigenvalue weighted by Gasteiger charge is -2.15. The summed E-state index contributed by atoms with van der Waals surface area (Å²) in [4.78, 5) is 11.3. The summed E-state index contributed by atoms with van der Waals surface area (Å²) in [6.07, 6.45) is 0. The van der Waals surface area contributed by atoms with Crippen LogP contribution in [0.1, 0.15) is 16.1 Å². The number of ether oxygens (including phenoxy) is 1. The fourth-order valence-electron chi connectivity index (χ4n) is 1.80. The molecule has 0 spiro atoms. The van der Waals surface area contributed by atoms with Crippen molar-refractivity contribution in [1.82, 2.24) is 4.31 Å². The molecule has 124 valence electrons. The van der Waals surface area contributed by atoms with E-state index in [1.54, 1.807) is 0 Å². The summed E-state index contributed by atoms with van der Waals surface area (Å²) in [5.74, 6) is -3.16. The Bertz CT molecular complexity index is 831. The number of esters is 1. The van der Waals surface area contributed by atoms with Gasteiger partial charge in [0.1, 0.15) is 0 Å². The van der Waals surface area contributed by atoms with Crippen LogP contribution in [-0.4, -0.2) is 32.8 Å². The Kier molecular flexibility index (Phi) is 4.81. The van der Waals surface area contributed by atoms with Crippen LogP contribution in [0.5, 0.6) is 0 Å². The molecule has 1 heterocycles. The number of carbonyl (C=O) groups is 1. The van der Waals surface area contributed by atoms with Gasteiger partial charge < -0.3 is 9.15 Å². The van der Waals surface area contributed by atoms with Gasteiger partial charge in [-0.1, -0.05) is 6.07 Å². The highest BCUT2D eigenvalue weighted by Crippen LogP contribution is 2.20. The number of sulfonamides is 1. The molecule has 0 saturated carbocycles. The van der Waals surface area contributed by atoms with Crippen LogP contribution in [0.25, 0.3) is 0 Å². The van der Waals surface area contributed by atoms with Crippen LogP contribution in [0.15, 0.2) is 39.8 Å². The molecule has 0 bridgehead atoms. The van der Waals surface area contributed by atoms with Crippen molar-refractivity contribution in [3.63, 3.8) is 0 Å². The molecule has 0 fully saturated rings. The molecule has 0 unspecified atom stereocenters. The monoisotopic (exact) mass is 345 g/mol. The van der Waals surface area contributed by atoms with Crippen molar-refractivity contribution >= 4 is 16.0 Å². The van der Waals surface area contributed by atoms with E-state index in [1.807, 2.05) is 0 Å². The lowest BCUT2D eigenvalue weighted by atomic mass is 10.2. The second-order valence-electron chi connectivity index (χ2n) is 4.62. The highest BCUT2D eigenvalue weighted by atomic mass is 32.2. The van der Waals surface area contributed by atoms with Crippen LogP contribution in [0.3, 0.4) is 0 Å². The number of benzene rings is 1. The first-order chi connectivity index (χ1) is 10.8. The Balaban J connectivity index is 2.22. The summed E-state index contributed by atoms with van der Waals surface area (Å²) in [5, 5.41) is -0.456. The van der Waals surface area contributed by atoms with Gasteiger partial charge in [-0.3, -0.25) is 0 Å². The van der Waals surface area contributed by atoms with Gasteiger partial charge in [-0.05, 0) is 29.8 Å². The largest absolute Gasteiger partial charge is 0.463 e. The molecule has 1 aromatic carbocycles. The molecule has 0 N–H and O–H groups in total. The molecule has 0 atom stereocenters. The van der Waals surface area contributed by atoms with Gasteiger partial charge >= 0.3 is 5.97 Å². The maximum Gasteiger partial charge on any atom is 0.374 e. The Labute approximate surface area is 131 Å². The summed E-state index contributed by atoms with van der Waals surface area (Å²) >= 11 is 0. The fraction of sp³-hybridized carbons (Fsp3) is 0.214. The molecule has 23 heavy (non-hydrogen) atoms. The van der Waals surface area contributed by atoms with Crippen LogP contribution in [-0.2, 0) is 21.3 Å². The molecule has 9 heteroatoms. The minimum absolute atomic E-state index is 0.201. The normalized spacial score (nSPS) is 11.7. The van der Waals surface area contributed by atoms with E-state index in [-0.39, 0.29) is 17.9 Å². The summed E-state index contributed by atoms with van der Waals surface area (Å²) < 4.78 is 61.0. The highest BCUT2D eigenvalue weighted by Gasteiger charge is 2.26. The van der Waals surface area contributed by atoms with Crippen LogP contribution in [0, 0.1) is 11.6 Å². The minimum atomic E-state index is -4.04. The predicted octanol–water partition coefficient (Wildman–Crippen LogP) is 2.17.